The molecule has 100 valence electrons. The lowest BCUT2D eigenvalue weighted by atomic mass is 10.1. The average molecular weight is 261 g/mol. The summed E-state index contributed by atoms with van der Waals surface area (Å²) in [5.74, 6) is 0.134. The average Bonchev–Trinajstić information content (AvgIpc) is 2.28. The van der Waals surface area contributed by atoms with Gasteiger partial charge in [0.25, 0.3) is 0 Å². The molecular formula is C12H14F3NO2. The quantitative estimate of drug-likeness (QED) is 0.907. The van der Waals surface area contributed by atoms with E-state index in [4.69, 9.17) is 4.74 Å². The van der Waals surface area contributed by atoms with Crippen LogP contribution in [-0.4, -0.2) is 25.6 Å². The second-order valence-electron chi connectivity index (χ2n) is 4.11. The van der Waals surface area contributed by atoms with E-state index in [1.165, 1.54) is 18.2 Å². The highest BCUT2D eigenvalue weighted by molar-refractivity contribution is 5.33. The van der Waals surface area contributed by atoms with E-state index >= 15 is 0 Å². The fraction of sp³-hybridized carbons (Fsp3) is 0.500. The van der Waals surface area contributed by atoms with Crippen LogP contribution >= 0.6 is 0 Å². The monoisotopic (exact) mass is 261 g/mol. The van der Waals surface area contributed by atoms with Gasteiger partial charge in [0.15, 0.2) is 0 Å². The predicted molar refractivity (Wildman–Crippen MR) is 59.6 cm³/mol. The SMILES string of the molecule is FC(F)(F)Oc1cccc(O[C@@H]2CCCNC2)c1. The molecule has 0 aromatic heterocycles. The van der Waals surface area contributed by atoms with E-state index in [0.29, 0.717) is 12.3 Å². The van der Waals surface area contributed by atoms with Crippen molar-refractivity contribution in [2.24, 2.45) is 0 Å². The van der Waals surface area contributed by atoms with Gasteiger partial charge in [0.2, 0.25) is 0 Å². The van der Waals surface area contributed by atoms with Crippen LogP contribution in [-0.2, 0) is 0 Å². The van der Waals surface area contributed by atoms with Gasteiger partial charge in [0.05, 0.1) is 0 Å². The van der Waals surface area contributed by atoms with Crippen molar-refractivity contribution in [1.29, 1.82) is 0 Å². The molecule has 0 radical (unpaired) electrons. The molecule has 1 aliphatic heterocycles. The van der Waals surface area contributed by atoms with Crippen LogP contribution in [0.3, 0.4) is 0 Å². The largest absolute Gasteiger partial charge is 0.573 e. The standard InChI is InChI=1S/C12H14F3NO2/c13-12(14,15)18-10-4-1-3-9(7-10)17-11-5-2-6-16-8-11/h1,3-4,7,11,16H,2,5-6,8H2/t11-/m1/s1. The number of hydrogen-bond donors (Lipinski definition) is 1. The molecule has 0 amide bonds. The molecule has 1 fully saturated rings. The van der Waals surface area contributed by atoms with Crippen molar-refractivity contribution in [2.75, 3.05) is 13.1 Å². The third-order valence-electron chi connectivity index (χ3n) is 2.59. The van der Waals surface area contributed by atoms with E-state index in [1.807, 2.05) is 0 Å². The van der Waals surface area contributed by atoms with Crippen LogP contribution in [0.5, 0.6) is 11.5 Å². The molecule has 0 unspecified atom stereocenters. The minimum Gasteiger partial charge on any atom is -0.489 e. The van der Waals surface area contributed by atoms with Gasteiger partial charge in [-0.2, -0.15) is 0 Å². The van der Waals surface area contributed by atoms with Crippen LogP contribution in [0, 0.1) is 0 Å². The summed E-state index contributed by atoms with van der Waals surface area (Å²) in [6, 6.07) is 5.60. The highest BCUT2D eigenvalue weighted by Gasteiger charge is 2.31. The van der Waals surface area contributed by atoms with Crippen LogP contribution in [0.15, 0.2) is 24.3 Å². The number of ether oxygens (including phenoxy) is 2. The number of benzene rings is 1. The van der Waals surface area contributed by atoms with Gasteiger partial charge in [-0.05, 0) is 31.5 Å². The van der Waals surface area contributed by atoms with Crippen molar-refractivity contribution < 1.29 is 22.6 Å². The van der Waals surface area contributed by atoms with Crippen LogP contribution in [0.4, 0.5) is 13.2 Å². The molecule has 18 heavy (non-hydrogen) atoms. The molecule has 0 aliphatic carbocycles. The van der Waals surface area contributed by atoms with E-state index in [0.717, 1.165) is 19.4 Å². The first-order valence-corrected chi connectivity index (χ1v) is 5.76. The molecule has 1 aliphatic rings. The summed E-state index contributed by atoms with van der Waals surface area (Å²) in [5.41, 5.74) is 0. The van der Waals surface area contributed by atoms with Crippen molar-refractivity contribution >= 4 is 0 Å². The Morgan fingerprint density at radius 3 is 2.67 bits per heavy atom. The van der Waals surface area contributed by atoms with Crippen molar-refractivity contribution in [3.05, 3.63) is 24.3 Å². The highest BCUT2D eigenvalue weighted by Crippen LogP contribution is 2.26. The molecule has 1 aromatic rings. The van der Waals surface area contributed by atoms with Gasteiger partial charge in [-0.1, -0.05) is 6.07 Å². The number of halogens is 3. The summed E-state index contributed by atoms with van der Waals surface area (Å²) in [6.07, 6.45) is -2.77. The minimum atomic E-state index is -4.68. The number of alkyl halides is 3. The number of nitrogens with one attached hydrogen (secondary N) is 1. The van der Waals surface area contributed by atoms with E-state index in [1.54, 1.807) is 6.07 Å². The van der Waals surface area contributed by atoms with E-state index in [9.17, 15) is 13.2 Å². The van der Waals surface area contributed by atoms with Crippen LogP contribution < -0.4 is 14.8 Å². The Morgan fingerprint density at radius 2 is 2.00 bits per heavy atom. The van der Waals surface area contributed by atoms with Gasteiger partial charge in [0, 0.05) is 12.6 Å². The Balaban J connectivity index is 1.98. The van der Waals surface area contributed by atoms with Crippen LogP contribution in [0.1, 0.15) is 12.8 Å². The summed E-state index contributed by atoms with van der Waals surface area (Å²) < 4.78 is 45.6. The molecule has 1 aromatic carbocycles. The molecule has 1 N–H and O–H groups in total. The lowest BCUT2D eigenvalue weighted by Crippen LogP contribution is -2.37. The maximum atomic E-state index is 12.1. The normalized spacial score (nSPS) is 20.5. The zero-order valence-corrected chi connectivity index (χ0v) is 9.67. The van der Waals surface area contributed by atoms with Gasteiger partial charge >= 0.3 is 6.36 Å². The summed E-state index contributed by atoms with van der Waals surface area (Å²) in [5, 5.41) is 3.17. The number of rotatable bonds is 3. The van der Waals surface area contributed by atoms with Crippen LogP contribution in [0.2, 0.25) is 0 Å². The first-order chi connectivity index (χ1) is 8.53. The molecule has 6 heteroatoms. The smallest absolute Gasteiger partial charge is 0.489 e. The van der Waals surface area contributed by atoms with E-state index in [2.05, 4.69) is 10.1 Å². The summed E-state index contributed by atoms with van der Waals surface area (Å²) in [6.45, 7) is 1.67. The summed E-state index contributed by atoms with van der Waals surface area (Å²) in [4.78, 5) is 0. The lowest BCUT2D eigenvalue weighted by molar-refractivity contribution is -0.274. The summed E-state index contributed by atoms with van der Waals surface area (Å²) >= 11 is 0. The second-order valence-corrected chi connectivity index (χ2v) is 4.11. The second kappa shape index (κ2) is 5.48. The first-order valence-electron chi connectivity index (χ1n) is 5.76. The number of piperidine rings is 1. The Labute approximate surface area is 103 Å². The first kappa shape index (κ1) is 13.0. The van der Waals surface area contributed by atoms with Crippen molar-refractivity contribution in [1.82, 2.24) is 5.32 Å². The molecule has 1 saturated heterocycles. The van der Waals surface area contributed by atoms with Crippen molar-refractivity contribution in [3.8, 4) is 11.5 Å². The van der Waals surface area contributed by atoms with E-state index < -0.39 is 6.36 Å². The predicted octanol–water partition coefficient (Wildman–Crippen LogP) is 2.72. The van der Waals surface area contributed by atoms with Gasteiger partial charge in [-0.15, -0.1) is 13.2 Å². The Kier molecular flexibility index (Phi) is 3.96. The topological polar surface area (TPSA) is 30.5 Å². The Morgan fingerprint density at radius 1 is 1.22 bits per heavy atom. The fourth-order valence-corrected chi connectivity index (χ4v) is 1.86. The maximum Gasteiger partial charge on any atom is 0.573 e. The van der Waals surface area contributed by atoms with Gasteiger partial charge in [-0.25, -0.2) is 0 Å². The maximum absolute atomic E-state index is 12.1. The van der Waals surface area contributed by atoms with Crippen molar-refractivity contribution in [3.63, 3.8) is 0 Å². The lowest BCUT2D eigenvalue weighted by Gasteiger charge is -2.24. The fourth-order valence-electron chi connectivity index (χ4n) is 1.86. The van der Waals surface area contributed by atoms with Gasteiger partial charge in [0.1, 0.15) is 17.6 Å². The highest BCUT2D eigenvalue weighted by atomic mass is 19.4. The molecule has 1 heterocycles. The molecule has 0 bridgehead atoms. The minimum absolute atomic E-state index is 0.000105. The Bertz CT molecular complexity index is 389. The molecule has 0 saturated carbocycles. The summed E-state index contributed by atoms with van der Waals surface area (Å²) in [7, 11) is 0. The van der Waals surface area contributed by atoms with Crippen LogP contribution in [0.25, 0.3) is 0 Å². The zero-order chi connectivity index (χ0) is 13.0. The van der Waals surface area contributed by atoms with Gasteiger partial charge in [-0.3, -0.25) is 0 Å². The third kappa shape index (κ3) is 4.10. The molecule has 1 atom stereocenters. The molecule has 0 spiro atoms. The van der Waals surface area contributed by atoms with Crippen molar-refractivity contribution in [2.45, 2.75) is 25.3 Å². The molecule has 3 nitrogen and oxygen atoms in total. The zero-order valence-electron chi connectivity index (χ0n) is 9.67. The third-order valence-corrected chi connectivity index (χ3v) is 2.59. The number of hydrogen-bond acceptors (Lipinski definition) is 3. The van der Waals surface area contributed by atoms with Gasteiger partial charge < -0.3 is 14.8 Å². The Hall–Kier alpha value is -1.43. The molecular weight excluding hydrogens is 247 g/mol. The molecule has 2 rings (SSSR count). The van der Waals surface area contributed by atoms with E-state index in [-0.39, 0.29) is 11.9 Å².